The van der Waals surface area contributed by atoms with Gasteiger partial charge >= 0.3 is 6.09 Å². The van der Waals surface area contributed by atoms with Crippen molar-refractivity contribution in [3.05, 3.63) is 71.3 Å². The van der Waals surface area contributed by atoms with E-state index in [1.165, 1.54) is 0 Å². The van der Waals surface area contributed by atoms with Gasteiger partial charge < -0.3 is 20.3 Å². The second-order valence-electron chi connectivity index (χ2n) is 11.7. The molecule has 2 rings (SSSR count). The molecule has 0 radical (unpaired) electrons. The van der Waals surface area contributed by atoms with E-state index in [0.29, 0.717) is 6.42 Å². The Kier molecular flexibility index (Phi) is 10.5. The Morgan fingerprint density at radius 3 is 2.00 bits per heavy atom. The summed E-state index contributed by atoms with van der Waals surface area (Å²) in [5.74, 6) is -0.612. The summed E-state index contributed by atoms with van der Waals surface area (Å²) < 4.78 is 5.51. The fraction of sp³-hybridized carbons (Fsp3) is 0.516. The number of amides is 3. The summed E-state index contributed by atoms with van der Waals surface area (Å²) in [5.41, 5.74) is 1.10. The first-order chi connectivity index (χ1) is 17.7. The van der Waals surface area contributed by atoms with E-state index in [2.05, 4.69) is 10.6 Å². The van der Waals surface area contributed by atoms with Crippen LogP contribution in [0.1, 0.15) is 84.5 Å². The molecule has 2 aromatic rings. The lowest BCUT2D eigenvalue weighted by Gasteiger charge is -2.45. The number of nitrogens with zero attached hydrogens (tertiary/aromatic N) is 1. The smallest absolute Gasteiger partial charge is 0.408 e. The minimum absolute atomic E-state index is 0.115. The first-order valence-electron chi connectivity index (χ1n) is 13.4. The zero-order valence-corrected chi connectivity index (χ0v) is 24.4. The van der Waals surface area contributed by atoms with Crippen LogP contribution in [0.3, 0.4) is 0 Å². The monoisotopic (exact) mass is 523 g/mol. The number of carbonyl (C=O) groups is 3. The van der Waals surface area contributed by atoms with Crippen molar-refractivity contribution in [2.75, 3.05) is 0 Å². The maximum absolute atomic E-state index is 14.5. The number of benzene rings is 2. The van der Waals surface area contributed by atoms with Crippen molar-refractivity contribution in [1.29, 1.82) is 0 Å². The Morgan fingerprint density at radius 2 is 1.47 bits per heavy atom. The van der Waals surface area contributed by atoms with Gasteiger partial charge in [0.1, 0.15) is 17.7 Å². The van der Waals surface area contributed by atoms with E-state index in [1.54, 1.807) is 25.7 Å². The number of carbonyl (C=O) groups excluding carboxylic acids is 3. The third-order valence-corrected chi connectivity index (χ3v) is 6.45. The number of aryl methyl sites for hydroxylation is 1. The summed E-state index contributed by atoms with van der Waals surface area (Å²) in [6, 6.07) is 15.2. The van der Waals surface area contributed by atoms with Crippen LogP contribution in [0, 0.1) is 6.92 Å². The molecule has 2 unspecified atom stereocenters. The van der Waals surface area contributed by atoms with E-state index in [-0.39, 0.29) is 24.3 Å². The van der Waals surface area contributed by atoms with Gasteiger partial charge in [0.15, 0.2) is 0 Å². The highest BCUT2D eigenvalue weighted by atomic mass is 16.6. The highest BCUT2D eigenvalue weighted by molar-refractivity contribution is 5.93. The van der Waals surface area contributed by atoms with E-state index >= 15 is 0 Å². The van der Waals surface area contributed by atoms with Crippen LogP contribution in [0.2, 0.25) is 0 Å². The number of ether oxygens (including phenoxy) is 1. The minimum Gasteiger partial charge on any atom is -0.444 e. The van der Waals surface area contributed by atoms with Crippen molar-refractivity contribution in [3.63, 3.8) is 0 Å². The number of hydrogen-bond donors (Lipinski definition) is 2. The van der Waals surface area contributed by atoms with E-state index in [9.17, 15) is 14.4 Å². The van der Waals surface area contributed by atoms with Gasteiger partial charge in [0.25, 0.3) is 0 Å². The molecular formula is C31H45N3O4. The average molecular weight is 524 g/mol. The predicted molar refractivity (Wildman–Crippen MR) is 152 cm³/mol. The average Bonchev–Trinajstić information content (AvgIpc) is 2.81. The molecule has 0 aliphatic heterocycles. The first-order valence-corrected chi connectivity index (χ1v) is 13.4. The van der Waals surface area contributed by atoms with Crippen molar-refractivity contribution in [3.8, 4) is 0 Å². The van der Waals surface area contributed by atoms with Crippen LogP contribution in [0.5, 0.6) is 0 Å². The molecule has 0 aliphatic carbocycles. The topological polar surface area (TPSA) is 87.7 Å². The van der Waals surface area contributed by atoms with Gasteiger partial charge in [-0.3, -0.25) is 9.59 Å². The number of hydrogen-bond acceptors (Lipinski definition) is 4. The van der Waals surface area contributed by atoms with Crippen molar-refractivity contribution in [2.24, 2.45) is 0 Å². The molecule has 0 fully saturated rings. The van der Waals surface area contributed by atoms with Crippen LogP contribution < -0.4 is 10.6 Å². The summed E-state index contributed by atoms with van der Waals surface area (Å²) in [6.45, 7) is 16.9. The second kappa shape index (κ2) is 12.9. The van der Waals surface area contributed by atoms with Crippen LogP contribution in [-0.2, 0) is 20.7 Å². The van der Waals surface area contributed by atoms with Gasteiger partial charge in [0.2, 0.25) is 11.8 Å². The van der Waals surface area contributed by atoms with Crippen LogP contribution in [0.25, 0.3) is 0 Å². The molecule has 208 valence electrons. The number of rotatable bonds is 10. The molecule has 2 aromatic carbocycles. The molecule has 0 bridgehead atoms. The highest BCUT2D eigenvalue weighted by Gasteiger charge is 2.43. The molecule has 0 spiro atoms. The number of alkyl carbamates (subject to hydrolysis) is 1. The van der Waals surface area contributed by atoms with Crippen molar-refractivity contribution < 1.29 is 19.1 Å². The molecule has 7 nitrogen and oxygen atoms in total. The summed E-state index contributed by atoms with van der Waals surface area (Å²) in [4.78, 5) is 42.9. The van der Waals surface area contributed by atoms with Crippen molar-refractivity contribution in [1.82, 2.24) is 15.5 Å². The zero-order chi connectivity index (χ0) is 28.7. The van der Waals surface area contributed by atoms with E-state index in [1.807, 2.05) is 96.1 Å². The molecular weight excluding hydrogens is 478 g/mol. The zero-order valence-electron chi connectivity index (χ0n) is 24.4. The maximum atomic E-state index is 14.5. The fourth-order valence-electron chi connectivity index (χ4n) is 4.27. The van der Waals surface area contributed by atoms with Crippen LogP contribution in [0.4, 0.5) is 4.79 Å². The normalized spacial score (nSPS) is 13.4. The quantitative estimate of drug-likeness (QED) is 0.417. The van der Waals surface area contributed by atoms with Crippen molar-refractivity contribution in [2.45, 2.75) is 104 Å². The Labute approximate surface area is 228 Å². The van der Waals surface area contributed by atoms with Crippen LogP contribution >= 0.6 is 0 Å². The largest absolute Gasteiger partial charge is 0.444 e. The molecule has 0 aliphatic rings. The van der Waals surface area contributed by atoms with Gasteiger partial charge in [-0.15, -0.1) is 0 Å². The Hall–Kier alpha value is -3.35. The molecule has 2 N–H and O–H groups in total. The van der Waals surface area contributed by atoms with Gasteiger partial charge in [-0.1, -0.05) is 61.5 Å². The van der Waals surface area contributed by atoms with Gasteiger partial charge in [-0.25, -0.2) is 4.79 Å². The molecule has 0 aromatic heterocycles. The van der Waals surface area contributed by atoms with E-state index in [4.69, 9.17) is 4.74 Å². The number of nitrogens with one attached hydrogen (secondary N) is 2. The first kappa shape index (κ1) is 30.9. The van der Waals surface area contributed by atoms with Crippen LogP contribution in [0.15, 0.2) is 54.6 Å². The lowest BCUT2D eigenvalue weighted by Crippen LogP contribution is -2.60. The molecule has 0 saturated heterocycles. The molecule has 38 heavy (non-hydrogen) atoms. The molecule has 0 saturated carbocycles. The summed E-state index contributed by atoms with van der Waals surface area (Å²) >= 11 is 0. The van der Waals surface area contributed by atoms with E-state index < -0.39 is 29.3 Å². The van der Waals surface area contributed by atoms with Gasteiger partial charge in [0.05, 0.1) is 0 Å². The van der Waals surface area contributed by atoms with Crippen molar-refractivity contribution >= 4 is 17.9 Å². The summed E-state index contributed by atoms with van der Waals surface area (Å²) in [5, 5.41) is 5.83. The van der Waals surface area contributed by atoms with Gasteiger partial charge in [-0.05, 0) is 78.5 Å². The Balaban J connectivity index is 2.66. The van der Waals surface area contributed by atoms with E-state index in [0.717, 1.165) is 16.7 Å². The molecule has 0 heterocycles. The van der Waals surface area contributed by atoms with Crippen LogP contribution in [-0.4, -0.2) is 46.0 Å². The summed E-state index contributed by atoms with van der Waals surface area (Å²) in [6.07, 6.45) is 0.169. The van der Waals surface area contributed by atoms with Gasteiger partial charge in [0, 0.05) is 18.0 Å². The van der Waals surface area contributed by atoms with Gasteiger partial charge in [-0.2, -0.15) is 0 Å². The standard InChI is InChI=1S/C31H45N3O4/c1-10-31(8,9)34(26(27(35)32-21(2)3)24-19-15-14-16-22(24)4)28(36)25(20-23-17-12-11-13-18-23)33-29(37)38-30(5,6)7/h11-19,21,25-26H,10,20H2,1-9H3,(H,32,35)(H,33,37). The SMILES string of the molecule is CCC(C)(C)N(C(=O)C(Cc1ccccc1)NC(=O)OC(C)(C)C)C(C(=O)NC(C)C)c1ccccc1C. The third-order valence-electron chi connectivity index (χ3n) is 6.45. The third kappa shape index (κ3) is 8.61. The lowest BCUT2D eigenvalue weighted by molar-refractivity contribution is -0.149. The maximum Gasteiger partial charge on any atom is 0.408 e. The second-order valence-corrected chi connectivity index (χ2v) is 11.7. The Bertz CT molecular complexity index is 1090. The lowest BCUT2D eigenvalue weighted by atomic mass is 9.89. The summed E-state index contributed by atoms with van der Waals surface area (Å²) in [7, 11) is 0. The fourth-order valence-corrected chi connectivity index (χ4v) is 4.27. The minimum atomic E-state index is -0.948. The molecule has 3 amide bonds. The molecule has 7 heteroatoms. The highest BCUT2D eigenvalue weighted by Crippen LogP contribution is 2.34. The predicted octanol–water partition coefficient (Wildman–Crippen LogP) is 5.71. The molecule has 2 atom stereocenters. The Morgan fingerprint density at radius 1 is 0.895 bits per heavy atom.